The zero-order valence-corrected chi connectivity index (χ0v) is 17.0. The minimum atomic E-state index is -0.283. The molecule has 0 fully saturated rings. The molecule has 5 heterocycles. The van der Waals surface area contributed by atoms with Gasteiger partial charge in [-0.05, 0) is 24.0 Å². The van der Waals surface area contributed by atoms with Crippen LogP contribution >= 0.6 is 0 Å². The highest BCUT2D eigenvalue weighted by Gasteiger charge is 2.24. The van der Waals surface area contributed by atoms with Crippen LogP contribution in [0.1, 0.15) is 25.8 Å². The summed E-state index contributed by atoms with van der Waals surface area (Å²) in [6, 6.07) is 3.80. The second-order valence-corrected chi connectivity index (χ2v) is 7.59. The average molecular weight is 413 g/mol. The molecule has 10 heteroatoms. The summed E-state index contributed by atoms with van der Waals surface area (Å²) >= 11 is 0. The van der Waals surface area contributed by atoms with E-state index in [2.05, 4.69) is 55.0 Å². The molecular formula is C21H19N9O. The van der Waals surface area contributed by atoms with Crippen molar-refractivity contribution in [3.05, 3.63) is 65.2 Å². The number of pyridine rings is 1. The van der Waals surface area contributed by atoms with Crippen LogP contribution in [-0.2, 0) is 0 Å². The van der Waals surface area contributed by atoms with Gasteiger partial charge in [0, 0.05) is 30.6 Å². The summed E-state index contributed by atoms with van der Waals surface area (Å²) in [4.78, 5) is 38.8. The summed E-state index contributed by atoms with van der Waals surface area (Å²) in [5.41, 5.74) is 2.82. The third-order valence-electron chi connectivity index (χ3n) is 5.26. The van der Waals surface area contributed by atoms with E-state index in [1.54, 1.807) is 18.6 Å². The molecule has 1 atom stereocenters. The van der Waals surface area contributed by atoms with Crippen LogP contribution in [0.4, 0.5) is 0 Å². The Labute approximate surface area is 176 Å². The van der Waals surface area contributed by atoms with Crippen molar-refractivity contribution in [3.63, 3.8) is 0 Å². The highest BCUT2D eigenvalue weighted by molar-refractivity contribution is 5.95. The second kappa shape index (κ2) is 7.63. The predicted molar refractivity (Wildman–Crippen MR) is 115 cm³/mol. The summed E-state index contributed by atoms with van der Waals surface area (Å²) in [5, 5.41) is 6.66. The first kappa shape index (κ1) is 18.9. The van der Waals surface area contributed by atoms with E-state index < -0.39 is 0 Å². The van der Waals surface area contributed by atoms with Crippen LogP contribution in [0.3, 0.4) is 0 Å². The molecule has 1 aliphatic rings. The van der Waals surface area contributed by atoms with Gasteiger partial charge in [0.2, 0.25) is 0 Å². The fraction of sp³-hybridized carbons (Fsp3) is 0.238. The van der Waals surface area contributed by atoms with Gasteiger partial charge in [0.15, 0.2) is 17.1 Å². The fourth-order valence-corrected chi connectivity index (χ4v) is 3.54. The van der Waals surface area contributed by atoms with Crippen LogP contribution in [0.5, 0.6) is 0 Å². The summed E-state index contributed by atoms with van der Waals surface area (Å²) in [5.74, 6) is 1.77. The summed E-state index contributed by atoms with van der Waals surface area (Å²) in [6.45, 7) is 4.31. The van der Waals surface area contributed by atoms with Crippen LogP contribution in [0.25, 0.3) is 28.5 Å². The molecule has 1 unspecified atom stereocenters. The van der Waals surface area contributed by atoms with Gasteiger partial charge in [-0.25, -0.2) is 29.5 Å². The first-order chi connectivity index (χ1) is 15.1. The van der Waals surface area contributed by atoms with Crippen molar-refractivity contribution in [3.8, 4) is 11.5 Å². The first-order valence-electron chi connectivity index (χ1n) is 9.91. The quantitative estimate of drug-likeness (QED) is 0.546. The van der Waals surface area contributed by atoms with E-state index in [4.69, 9.17) is 4.99 Å². The van der Waals surface area contributed by atoms with Gasteiger partial charge in [0.1, 0.15) is 17.9 Å². The largest absolute Gasteiger partial charge is 0.276 e. The highest BCUT2D eigenvalue weighted by Crippen LogP contribution is 2.30. The normalized spacial score (nSPS) is 16.4. The van der Waals surface area contributed by atoms with Crippen molar-refractivity contribution in [2.45, 2.75) is 20.3 Å². The molecule has 5 rings (SSSR count). The van der Waals surface area contributed by atoms with Crippen LogP contribution in [0.15, 0.2) is 59.1 Å². The molecule has 1 aliphatic heterocycles. The monoisotopic (exact) mass is 413 g/mol. The van der Waals surface area contributed by atoms with Gasteiger partial charge in [-0.2, -0.15) is 5.10 Å². The van der Waals surface area contributed by atoms with Crippen molar-refractivity contribution in [1.82, 2.24) is 39.7 Å². The molecule has 0 aromatic carbocycles. The third-order valence-corrected chi connectivity index (χ3v) is 5.26. The van der Waals surface area contributed by atoms with Gasteiger partial charge in [-0.15, -0.1) is 0 Å². The number of nitrogens with zero attached hydrogens (tertiary/aromatic N) is 8. The maximum Gasteiger partial charge on any atom is 0.276 e. The number of hydrogen-bond acceptors (Lipinski definition) is 8. The Hall–Kier alpha value is -4.08. The number of aromatic amines is 1. The molecule has 0 amide bonds. The van der Waals surface area contributed by atoms with Gasteiger partial charge in [0.25, 0.3) is 5.56 Å². The molecule has 0 saturated carbocycles. The van der Waals surface area contributed by atoms with Gasteiger partial charge in [-0.3, -0.25) is 14.9 Å². The number of rotatable bonds is 3. The summed E-state index contributed by atoms with van der Waals surface area (Å²) in [6.07, 6.45) is 10.3. The lowest BCUT2D eigenvalue weighted by atomic mass is 9.88. The topological polar surface area (TPSA) is 127 Å². The summed E-state index contributed by atoms with van der Waals surface area (Å²) < 4.78 is 1.51. The molecule has 4 aromatic rings. The van der Waals surface area contributed by atoms with Crippen LogP contribution in [-0.4, -0.2) is 45.5 Å². The van der Waals surface area contributed by atoms with Gasteiger partial charge >= 0.3 is 0 Å². The van der Waals surface area contributed by atoms with Gasteiger partial charge < -0.3 is 0 Å². The molecule has 0 saturated heterocycles. The van der Waals surface area contributed by atoms with E-state index in [0.29, 0.717) is 41.0 Å². The molecule has 0 aliphatic carbocycles. The molecule has 0 spiro atoms. The molecule has 0 radical (unpaired) electrons. The summed E-state index contributed by atoms with van der Waals surface area (Å²) in [7, 11) is 0. The van der Waals surface area contributed by atoms with E-state index in [-0.39, 0.29) is 11.5 Å². The lowest BCUT2D eigenvalue weighted by Gasteiger charge is -2.24. The number of nitrogens with one attached hydrogen (secondary N) is 1. The number of aliphatic imine (C=N–C) groups is 1. The Morgan fingerprint density at radius 3 is 2.68 bits per heavy atom. The molecule has 1 N–H and O–H groups in total. The first-order valence-corrected chi connectivity index (χ1v) is 9.91. The maximum absolute atomic E-state index is 12.7. The minimum Gasteiger partial charge on any atom is -0.267 e. The maximum atomic E-state index is 12.7. The molecule has 10 nitrogen and oxygen atoms in total. The molecular weight excluding hydrogens is 394 g/mol. The molecule has 0 bridgehead atoms. The number of aromatic nitrogens is 8. The van der Waals surface area contributed by atoms with Crippen LogP contribution in [0, 0.1) is 11.8 Å². The Bertz CT molecular complexity index is 1350. The van der Waals surface area contributed by atoms with E-state index >= 15 is 0 Å². The zero-order chi connectivity index (χ0) is 21.4. The molecule has 4 aromatic heterocycles. The van der Waals surface area contributed by atoms with Gasteiger partial charge in [-0.1, -0.05) is 19.9 Å². The predicted octanol–water partition coefficient (Wildman–Crippen LogP) is 2.33. The Balaban J connectivity index is 1.61. The Morgan fingerprint density at radius 2 is 1.94 bits per heavy atom. The van der Waals surface area contributed by atoms with E-state index in [9.17, 15) is 4.79 Å². The number of fused-ring (bicyclic) bond motifs is 1. The SMILES string of the molecule is CC(C)C1C=C(c2ccc(-c3ncn[nH]3)nc2)N=C(n2c(=O)cnc3nccnc32)C1. The van der Waals surface area contributed by atoms with E-state index in [1.165, 1.54) is 17.1 Å². The number of H-pyrrole nitrogens is 1. The van der Waals surface area contributed by atoms with Crippen LogP contribution in [0.2, 0.25) is 0 Å². The lowest BCUT2D eigenvalue weighted by molar-refractivity contribution is 0.474. The van der Waals surface area contributed by atoms with Crippen molar-refractivity contribution >= 4 is 22.8 Å². The second-order valence-electron chi connectivity index (χ2n) is 7.59. The number of allylic oxidation sites excluding steroid dienone is 1. The smallest absolute Gasteiger partial charge is 0.267 e. The van der Waals surface area contributed by atoms with E-state index in [0.717, 1.165) is 11.3 Å². The van der Waals surface area contributed by atoms with Crippen molar-refractivity contribution in [2.75, 3.05) is 0 Å². The Kier molecular flexibility index (Phi) is 4.66. The van der Waals surface area contributed by atoms with E-state index in [1.807, 2.05) is 12.1 Å². The zero-order valence-electron chi connectivity index (χ0n) is 17.0. The molecule has 154 valence electrons. The minimum absolute atomic E-state index is 0.197. The van der Waals surface area contributed by atoms with Crippen molar-refractivity contribution < 1.29 is 0 Å². The van der Waals surface area contributed by atoms with Crippen LogP contribution < -0.4 is 5.56 Å². The third kappa shape index (κ3) is 3.52. The van der Waals surface area contributed by atoms with Gasteiger partial charge in [0.05, 0.1) is 11.9 Å². The number of hydrogen-bond donors (Lipinski definition) is 1. The fourth-order valence-electron chi connectivity index (χ4n) is 3.54. The van der Waals surface area contributed by atoms with Crippen molar-refractivity contribution in [1.29, 1.82) is 0 Å². The lowest BCUT2D eigenvalue weighted by Crippen LogP contribution is -2.32. The average Bonchev–Trinajstić information content (AvgIpc) is 3.34. The Morgan fingerprint density at radius 1 is 1.06 bits per heavy atom. The standard InChI is InChI=1S/C21H19N9O/c1-12(2)14-7-16(13-3-4-15(24-9-13)19-26-11-27-29-19)28-17(8-14)30-18(31)10-25-20-21(30)23-6-5-22-20/h3-7,9-12,14H,8H2,1-2H3,(H,26,27,29). The van der Waals surface area contributed by atoms with Crippen molar-refractivity contribution in [2.24, 2.45) is 16.8 Å². The highest BCUT2D eigenvalue weighted by atomic mass is 16.1. The molecule has 31 heavy (non-hydrogen) atoms.